The van der Waals surface area contributed by atoms with Gasteiger partial charge in [0.1, 0.15) is 11.8 Å². The largest absolute Gasteiger partial charge is 0.431 e. The third kappa shape index (κ3) is 5.42. The lowest BCUT2D eigenvalue weighted by Gasteiger charge is -2.05. The standard InChI is InChI=1S/C6H7F3N2O.C5H6O/c1-3(12)4-2-5(11-10-4)6(7,8)9;1-3-5(6)4-2/h4,10H,2H2,1H3;3-4H,1-2H2. The summed E-state index contributed by atoms with van der Waals surface area (Å²) in [5.74, 6) is -0.465. The lowest BCUT2D eigenvalue weighted by Crippen LogP contribution is -2.29. The zero-order valence-corrected chi connectivity index (χ0v) is 9.75. The van der Waals surface area contributed by atoms with Gasteiger partial charge in [0.2, 0.25) is 0 Å². The van der Waals surface area contributed by atoms with Crippen molar-refractivity contribution in [2.75, 3.05) is 0 Å². The van der Waals surface area contributed by atoms with E-state index >= 15 is 0 Å². The Bertz CT molecular complexity index is 376. The van der Waals surface area contributed by atoms with Crippen LogP contribution in [0.1, 0.15) is 13.3 Å². The summed E-state index contributed by atoms with van der Waals surface area (Å²) < 4.78 is 35.7. The summed E-state index contributed by atoms with van der Waals surface area (Å²) in [5, 5.41) is 3.03. The molecule has 0 aliphatic carbocycles. The van der Waals surface area contributed by atoms with Gasteiger partial charge in [-0.3, -0.25) is 15.0 Å². The van der Waals surface area contributed by atoms with Crippen molar-refractivity contribution in [1.82, 2.24) is 5.43 Å². The molecule has 0 aromatic heterocycles. The summed E-state index contributed by atoms with van der Waals surface area (Å²) in [6.07, 6.45) is -2.35. The Kier molecular flexibility index (Phi) is 6.01. The molecule has 0 spiro atoms. The molecule has 1 aliphatic rings. The molecule has 0 saturated carbocycles. The fraction of sp³-hybridized carbons (Fsp3) is 0.364. The van der Waals surface area contributed by atoms with Crippen LogP contribution in [-0.4, -0.2) is 29.5 Å². The van der Waals surface area contributed by atoms with Gasteiger partial charge in [-0.2, -0.15) is 18.3 Å². The molecule has 0 saturated heterocycles. The van der Waals surface area contributed by atoms with Crippen LogP contribution in [0.4, 0.5) is 13.2 Å². The molecule has 0 amide bonds. The zero-order chi connectivity index (χ0) is 14.3. The third-order valence-electron chi connectivity index (χ3n) is 1.97. The Balaban J connectivity index is 0.000000411. The van der Waals surface area contributed by atoms with Gasteiger partial charge in [0.25, 0.3) is 0 Å². The fourth-order valence-electron chi connectivity index (χ4n) is 0.938. The number of carbonyl (C=O) groups is 2. The maximum Gasteiger partial charge on any atom is 0.431 e. The van der Waals surface area contributed by atoms with Gasteiger partial charge in [-0.25, -0.2) is 0 Å². The third-order valence-corrected chi connectivity index (χ3v) is 1.97. The van der Waals surface area contributed by atoms with Gasteiger partial charge in [0.05, 0.1) is 0 Å². The molecule has 18 heavy (non-hydrogen) atoms. The van der Waals surface area contributed by atoms with Crippen LogP contribution in [0.2, 0.25) is 0 Å². The molecular formula is C11H13F3N2O2. The highest BCUT2D eigenvalue weighted by atomic mass is 19.4. The van der Waals surface area contributed by atoms with Crippen LogP contribution in [0, 0.1) is 0 Å². The van der Waals surface area contributed by atoms with Gasteiger partial charge in [0.15, 0.2) is 11.6 Å². The van der Waals surface area contributed by atoms with Crippen molar-refractivity contribution in [1.29, 1.82) is 0 Å². The van der Waals surface area contributed by atoms with Crippen LogP contribution < -0.4 is 5.43 Å². The number of halogens is 3. The predicted molar refractivity (Wildman–Crippen MR) is 61.1 cm³/mol. The maximum absolute atomic E-state index is 11.9. The highest BCUT2D eigenvalue weighted by Crippen LogP contribution is 2.23. The van der Waals surface area contributed by atoms with E-state index in [-0.39, 0.29) is 18.0 Å². The van der Waals surface area contributed by atoms with E-state index in [0.29, 0.717) is 0 Å². The minimum Gasteiger partial charge on any atom is -0.299 e. The molecular weight excluding hydrogens is 249 g/mol. The molecule has 1 heterocycles. The lowest BCUT2D eigenvalue weighted by molar-refractivity contribution is -0.118. The molecule has 1 aliphatic heterocycles. The van der Waals surface area contributed by atoms with Gasteiger partial charge in [-0.1, -0.05) is 13.2 Å². The van der Waals surface area contributed by atoms with Crippen molar-refractivity contribution in [2.24, 2.45) is 5.10 Å². The van der Waals surface area contributed by atoms with E-state index in [2.05, 4.69) is 23.7 Å². The van der Waals surface area contributed by atoms with Crippen molar-refractivity contribution < 1.29 is 22.8 Å². The molecule has 4 nitrogen and oxygen atoms in total. The normalized spacial score (nSPS) is 17.8. The van der Waals surface area contributed by atoms with E-state index in [1.807, 2.05) is 0 Å². The fourth-order valence-corrected chi connectivity index (χ4v) is 0.938. The van der Waals surface area contributed by atoms with E-state index in [9.17, 15) is 22.8 Å². The number of hydrogen-bond acceptors (Lipinski definition) is 4. The Labute approximate surface area is 102 Å². The SMILES string of the molecule is C=CC(=O)C=C.CC(=O)C1CC(C(F)(F)F)=NN1. The van der Waals surface area contributed by atoms with Crippen LogP contribution in [0.25, 0.3) is 0 Å². The number of nitrogens with one attached hydrogen (secondary N) is 1. The molecule has 0 aromatic carbocycles. The summed E-state index contributed by atoms with van der Waals surface area (Å²) in [7, 11) is 0. The molecule has 1 N–H and O–H groups in total. The minimum atomic E-state index is -4.42. The lowest BCUT2D eigenvalue weighted by atomic mass is 10.1. The molecule has 0 radical (unpaired) electrons. The summed E-state index contributed by atoms with van der Waals surface area (Å²) in [6.45, 7) is 7.65. The second-order valence-corrected chi connectivity index (χ2v) is 3.36. The molecule has 100 valence electrons. The van der Waals surface area contributed by atoms with Crippen molar-refractivity contribution in [3.05, 3.63) is 25.3 Å². The quantitative estimate of drug-likeness (QED) is 0.789. The number of hydrogen-bond donors (Lipinski definition) is 1. The number of carbonyl (C=O) groups excluding carboxylic acids is 2. The number of alkyl halides is 3. The van der Waals surface area contributed by atoms with Crippen LogP contribution in [0.3, 0.4) is 0 Å². The van der Waals surface area contributed by atoms with Crippen LogP contribution in [-0.2, 0) is 9.59 Å². The summed E-state index contributed by atoms with van der Waals surface area (Å²) in [5.41, 5.74) is 1.22. The number of nitrogens with zero attached hydrogens (tertiary/aromatic N) is 1. The Morgan fingerprint density at radius 1 is 1.39 bits per heavy atom. The number of Topliss-reactive ketones (excluding diaryl/α,β-unsaturated/α-hetero) is 1. The Morgan fingerprint density at radius 2 is 1.89 bits per heavy atom. The number of hydrazone groups is 1. The summed E-state index contributed by atoms with van der Waals surface area (Å²) in [4.78, 5) is 20.6. The molecule has 0 fully saturated rings. The first-order valence-electron chi connectivity index (χ1n) is 4.91. The van der Waals surface area contributed by atoms with Gasteiger partial charge >= 0.3 is 6.18 Å². The summed E-state index contributed by atoms with van der Waals surface area (Å²) in [6, 6.07) is -0.804. The number of rotatable bonds is 3. The molecule has 7 heteroatoms. The van der Waals surface area contributed by atoms with Crippen molar-refractivity contribution >= 4 is 17.3 Å². The van der Waals surface area contributed by atoms with E-state index in [1.54, 1.807) is 0 Å². The molecule has 1 rings (SSSR count). The summed E-state index contributed by atoms with van der Waals surface area (Å²) >= 11 is 0. The second kappa shape index (κ2) is 6.73. The van der Waals surface area contributed by atoms with Crippen LogP contribution >= 0.6 is 0 Å². The van der Waals surface area contributed by atoms with Crippen LogP contribution in [0.5, 0.6) is 0 Å². The first-order valence-corrected chi connectivity index (χ1v) is 4.91. The van der Waals surface area contributed by atoms with E-state index in [1.165, 1.54) is 19.1 Å². The van der Waals surface area contributed by atoms with Gasteiger partial charge in [-0.15, -0.1) is 0 Å². The van der Waals surface area contributed by atoms with Crippen molar-refractivity contribution in [2.45, 2.75) is 25.6 Å². The van der Waals surface area contributed by atoms with Gasteiger partial charge in [0, 0.05) is 6.42 Å². The predicted octanol–water partition coefficient (Wildman–Crippen LogP) is 1.78. The van der Waals surface area contributed by atoms with E-state index in [0.717, 1.165) is 0 Å². The van der Waals surface area contributed by atoms with Gasteiger partial charge < -0.3 is 0 Å². The average Bonchev–Trinajstić information content (AvgIpc) is 2.77. The number of ketones is 2. The number of allylic oxidation sites excluding steroid dienone is 2. The molecule has 0 aromatic rings. The maximum atomic E-state index is 11.9. The highest BCUT2D eigenvalue weighted by Gasteiger charge is 2.40. The zero-order valence-electron chi connectivity index (χ0n) is 9.75. The highest BCUT2D eigenvalue weighted by molar-refractivity contribution is 5.98. The second-order valence-electron chi connectivity index (χ2n) is 3.36. The van der Waals surface area contributed by atoms with Crippen molar-refractivity contribution in [3.8, 4) is 0 Å². The van der Waals surface area contributed by atoms with Gasteiger partial charge in [-0.05, 0) is 19.1 Å². The monoisotopic (exact) mass is 262 g/mol. The first kappa shape index (κ1) is 16.1. The molecule has 1 unspecified atom stereocenters. The smallest absolute Gasteiger partial charge is 0.299 e. The Hall–Kier alpha value is -1.92. The van der Waals surface area contributed by atoms with Crippen molar-refractivity contribution in [3.63, 3.8) is 0 Å². The van der Waals surface area contributed by atoms with E-state index < -0.39 is 17.9 Å². The average molecular weight is 262 g/mol. The molecule has 0 bridgehead atoms. The first-order chi connectivity index (χ1) is 8.22. The Morgan fingerprint density at radius 3 is 2.06 bits per heavy atom. The topological polar surface area (TPSA) is 58.5 Å². The molecule has 1 atom stereocenters. The van der Waals surface area contributed by atoms with E-state index in [4.69, 9.17) is 0 Å². The van der Waals surface area contributed by atoms with Crippen LogP contribution in [0.15, 0.2) is 30.4 Å². The minimum absolute atomic E-state index is 0.130.